The van der Waals surface area contributed by atoms with Crippen LogP contribution in [0.15, 0.2) is 6.07 Å². The lowest BCUT2D eigenvalue weighted by Crippen LogP contribution is -2.08. The highest BCUT2D eigenvalue weighted by molar-refractivity contribution is 5.98. The Morgan fingerprint density at radius 2 is 1.88 bits per heavy atom. The first-order chi connectivity index (χ1) is 7.84. The molecule has 0 aliphatic carbocycles. The van der Waals surface area contributed by atoms with E-state index in [9.17, 15) is 9.59 Å². The van der Waals surface area contributed by atoms with Crippen molar-refractivity contribution in [1.29, 1.82) is 0 Å². The minimum absolute atomic E-state index is 0.0672. The molecule has 4 heteroatoms. The molecule has 1 heterocycles. The highest BCUT2D eigenvalue weighted by Crippen LogP contribution is 2.21. The number of aromatic nitrogens is 1. The number of rotatable bonds is 5. The van der Waals surface area contributed by atoms with Gasteiger partial charge in [-0.2, -0.15) is 0 Å². The number of carbonyl (C=O) groups is 2. The van der Waals surface area contributed by atoms with E-state index in [0.717, 1.165) is 11.4 Å². The molecule has 0 saturated heterocycles. The summed E-state index contributed by atoms with van der Waals surface area (Å²) in [5.41, 5.74) is 2.61. The van der Waals surface area contributed by atoms with Crippen LogP contribution < -0.4 is 0 Å². The van der Waals surface area contributed by atoms with Gasteiger partial charge in [0.15, 0.2) is 5.78 Å². The molecule has 0 amide bonds. The normalized spacial score (nSPS) is 10.9. The van der Waals surface area contributed by atoms with Gasteiger partial charge in [-0.1, -0.05) is 0 Å². The van der Waals surface area contributed by atoms with E-state index in [1.54, 1.807) is 0 Å². The van der Waals surface area contributed by atoms with Gasteiger partial charge in [0.2, 0.25) is 0 Å². The minimum Gasteiger partial charge on any atom is -0.481 e. The largest absolute Gasteiger partial charge is 0.481 e. The number of carboxylic acid groups (broad SMARTS) is 1. The van der Waals surface area contributed by atoms with Gasteiger partial charge < -0.3 is 9.67 Å². The second-order valence-electron chi connectivity index (χ2n) is 4.57. The number of carboxylic acids is 1. The molecular weight excluding hydrogens is 218 g/mol. The molecule has 0 aliphatic rings. The van der Waals surface area contributed by atoms with E-state index < -0.39 is 5.97 Å². The zero-order valence-electron chi connectivity index (χ0n) is 10.8. The fourth-order valence-electron chi connectivity index (χ4n) is 2.21. The highest BCUT2D eigenvalue weighted by atomic mass is 16.4. The van der Waals surface area contributed by atoms with Crippen LogP contribution in [0.25, 0.3) is 0 Å². The van der Waals surface area contributed by atoms with Crippen LogP contribution in [0.4, 0.5) is 0 Å². The molecule has 0 fully saturated rings. The Bertz CT molecular complexity index is 444. The van der Waals surface area contributed by atoms with Crippen molar-refractivity contribution in [3.63, 3.8) is 0 Å². The van der Waals surface area contributed by atoms with Crippen LogP contribution in [0.3, 0.4) is 0 Å². The van der Waals surface area contributed by atoms with E-state index >= 15 is 0 Å². The summed E-state index contributed by atoms with van der Waals surface area (Å²) in [5.74, 6) is -1.02. The Hall–Kier alpha value is -1.58. The van der Waals surface area contributed by atoms with Gasteiger partial charge in [0.25, 0.3) is 0 Å². The van der Waals surface area contributed by atoms with Crippen molar-refractivity contribution in [2.75, 3.05) is 0 Å². The summed E-state index contributed by atoms with van der Waals surface area (Å²) in [7, 11) is 0. The molecule has 1 rings (SSSR count). The molecule has 0 unspecified atom stereocenters. The van der Waals surface area contributed by atoms with E-state index in [4.69, 9.17) is 5.11 Å². The average Bonchev–Trinajstić information content (AvgIpc) is 2.50. The standard InChI is InChI=1S/C13H19NO3/c1-8(2)14-9(3)7-11(10(14)4)12(15)5-6-13(16)17/h7-8H,5-6H2,1-4H3,(H,16,17). The number of carbonyl (C=O) groups excluding carboxylic acids is 1. The van der Waals surface area contributed by atoms with Crippen LogP contribution in [0, 0.1) is 13.8 Å². The Kier molecular flexibility index (Phi) is 4.10. The van der Waals surface area contributed by atoms with Crippen LogP contribution in [0.2, 0.25) is 0 Å². The first-order valence-electron chi connectivity index (χ1n) is 5.78. The Labute approximate surface area is 101 Å². The molecule has 94 valence electrons. The predicted octanol–water partition coefficient (Wildman–Crippen LogP) is 2.73. The average molecular weight is 237 g/mol. The summed E-state index contributed by atoms with van der Waals surface area (Å²) in [5, 5.41) is 8.57. The van der Waals surface area contributed by atoms with Crippen molar-refractivity contribution in [2.45, 2.75) is 46.6 Å². The number of hydrogen-bond donors (Lipinski definition) is 1. The van der Waals surface area contributed by atoms with Crippen molar-refractivity contribution >= 4 is 11.8 Å². The number of aryl methyl sites for hydroxylation is 1. The van der Waals surface area contributed by atoms with E-state index in [1.165, 1.54) is 0 Å². The number of nitrogens with zero attached hydrogens (tertiary/aromatic N) is 1. The van der Waals surface area contributed by atoms with Crippen molar-refractivity contribution in [2.24, 2.45) is 0 Å². The van der Waals surface area contributed by atoms with Crippen molar-refractivity contribution in [3.8, 4) is 0 Å². The summed E-state index contributed by atoms with van der Waals surface area (Å²) < 4.78 is 2.09. The molecule has 0 aromatic carbocycles. The third-order valence-electron chi connectivity index (χ3n) is 2.87. The number of hydrogen-bond acceptors (Lipinski definition) is 2. The van der Waals surface area contributed by atoms with E-state index in [1.807, 2.05) is 19.9 Å². The maximum atomic E-state index is 11.9. The first-order valence-corrected chi connectivity index (χ1v) is 5.78. The minimum atomic E-state index is -0.934. The molecule has 0 aliphatic heterocycles. The van der Waals surface area contributed by atoms with Crippen molar-refractivity contribution in [1.82, 2.24) is 4.57 Å². The third-order valence-corrected chi connectivity index (χ3v) is 2.87. The summed E-state index contributed by atoms with van der Waals surface area (Å²) in [4.78, 5) is 22.3. The molecule has 0 atom stereocenters. The maximum Gasteiger partial charge on any atom is 0.303 e. The molecule has 1 N–H and O–H groups in total. The van der Waals surface area contributed by atoms with Crippen LogP contribution in [0.1, 0.15) is 54.5 Å². The number of ketones is 1. The van der Waals surface area contributed by atoms with Crippen LogP contribution in [-0.4, -0.2) is 21.4 Å². The smallest absolute Gasteiger partial charge is 0.303 e. The molecule has 4 nitrogen and oxygen atoms in total. The van der Waals surface area contributed by atoms with Gasteiger partial charge >= 0.3 is 5.97 Å². The molecule has 1 aromatic rings. The molecular formula is C13H19NO3. The summed E-state index contributed by atoms with van der Waals surface area (Å²) in [6.45, 7) is 7.99. The third kappa shape index (κ3) is 2.96. The summed E-state index contributed by atoms with van der Waals surface area (Å²) in [6.07, 6.45) is -0.0398. The van der Waals surface area contributed by atoms with Crippen molar-refractivity contribution < 1.29 is 14.7 Å². The SMILES string of the molecule is Cc1cc(C(=O)CCC(=O)O)c(C)n1C(C)C. The summed E-state index contributed by atoms with van der Waals surface area (Å²) in [6, 6.07) is 2.15. The lowest BCUT2D eigenvalue weighted by Gasteiger charge is -2.13. The van der Waals surface area contributed by atoms with Crippen molar-refractivity contribution in [3.05, 3.63) is 23.0 Å². The predicted molar refractivity (Wildman–Crippen MR) is 65.5 cm³/mol. The lowest BCUT2D eigenvalue weighted by molar-refractivity contribution is -0.136. The van der Waals surface area contributed by atoms with Crippen LogP contribution in [0.5, 0.6) is 0 Å². The van der Waals surface area contributed by atoms with E-state index in [2.05, 4.69) is 18.4 Å². The quantitative estimate of drug-likeness (QED) is 0.801. The monoisotopic (exact) mass is 237 g/mol. The second kappa shape index (κ2) is 5.17. The first kappa shape index (κ1) is 13.5. The van der Waals surface area contributed by atoms with Crippen LogP contribution >= 0.6 is 0 Å². The van der Waals surface area contributed by atoms with Gasteiger partial charge in [-0.25, -0.2) is 0 Å². The zero-order valence-corrected chi connectivity index (χ0v) is 10.8. The van der Waals surface area contributed by atoms with Gasteiger partial charge in [-0.05, 0) is 33.8 Å². The highest BCUT2D eigenvalue weighted by Gasteiger charge is 2.17. The van der Waals surface area contributed by atoms with E-state index in [0.29, 0.717) is 11.6 Å². The summed E-state index contributed by atoms with van der Waals surface area (Å²) >= 11 is 0. The molecule has 0 bridgehead atoms. The molecule has 1 aromatic heterocycles. The lowest BCUT2D eigenvalue weighted by atomic mass is 10.1. The Morgan fingerprint density at radius 3 is 2.29 bits per heavy atom. The van der Waals surface area contributed by atoms with Crippen LogP contribution in [-0.2, 0) is 4.79 Å². The van der Waals surface area contributed by atoms with Gasteiger partial charge in [0.1, 0.15) is 0 Å². The van der Waals surface area contributed by atoms with Gasteiger partial charge in [-0.3, -0.25) is 9.59 Å². The van der Waals surface area contributed by atoms with E-state index in [-0.39, 0.29) is 18.6 Å². The Morgan fingerprint density at radius 1 is 1.29 bits per heavy atom. The molecule has 17 heavy (non-hydrogen) atoms. The molecule has 0 radical (unpaired) electrons. The molecule has 0 spiro atoms. The zero-order chi connectivity index (χ0) is 13.2. The fraction of sp³-hybridized carbons (Fsp3) is 0.538. The van der Waals surface area contributed by atoms with Gasteiger partial charge in [-0.15, -0.1) is 0 Å². The number of aliphatic carboxylic acids is 1. The Balaban J connectivity index is 2.96. The topological polar surface area (TPSA) is 59.3 Å². The fourth-order valence-corrected chi connectivity index (χ4v) is 2.21. The van der Waals surface area contributed by atoms with Gasteiger partial charge in [0.05, 0.1) is 6.42 Å². The second-order valence-corrected chi connectivity index (χ2v) is 4.57. The van der Waals surface area contributed by atoms with Gasteiger partial charge in [0, 0.05) is 29.4 Å². The number of Topliss-reactive ketones (excluding diaryl/α,β-unsaturated/α-hetero) is 1. The maximum absolute atomic E-state index is 11.9. The molecule has 0 saturated carbocycles.